The molecule has 4 heteroatoms. The van der Waals surface area contributed by atoms with Crippen molar-refractivity contribution in [3.05, 3.63) is 41.3 Å². The van der Waals surface area contributed by atoms with E-state index in [2.05, 4.69) is 34.5 Å². The molecular formula is C15H20N4. The lowest BCUT2D eigenvalue weighted by molar-refractivity contribution is 0.684. The highest BCUT2D eigenvalue weighted by molar-refractivity contribution is 5.31. The molecule has 0 aliphatic heterocycles. The third kappa shape index (κ3) is 3.01. The van der Waals surface area contributed by atoms with E-state index in [4.69, 9.17) is 0 Å². The molecule has 3 rings (SSSR count). The zero-order chi connectivity index (χ0) is 13.2. The van der Waals surface area contributed by atoms with Crippen LogP contribution in [0.2, 0.25) is 0 Å². The van der Waals surface area contributed by atoms with Crippen LogP contribution >= 0.6 is 0 Å². The van der Waals surface area contributed by atoms with Crippen molar-refractivity contribution < 1.29 is 0 Å². The number of rotatable bonds is 5. The van der Waals surface area contributed by atoms with Crippen molar-refractivity contribution >= 4 is 0 Å². The van der Waals surface area contributed by atoms with Gasteiger partial charge in [-0.25, -0.2) is 9.67 Å². The zero-order valence-corrected chi connectivity index (χ0v) is 11.6. The molecule has 19 heavy (non-hydrogen) atoms. The van der Waals surface area contributed by atoms with Crippen molar-refractivity contribution in [2.75, 3.05) is 0 Å². The van der Waals surface area contributed by atoms with E-state index in [-0.39, 0.29) is 0 Å². The fourth-order valence-electron chi connectivity index (χ4n) is 2.12. The van der Waals surface area contributed by atoms with Gasteiger partial charge in [0.2, 0.25) is 0 Å². The second kappa shape index (κ2) is 5.13. The van der Waals surface area contributed by atoms with Gasteiger partial charge in [-0.2, -0.15) is 5.10 Å². The number of hydrogen-bond acceptors (Lipinski definition) is 3. The molecule has 100 valence electrons. The highest BCUT2D eigenvalue weighted by Crippen LogP contribution is 2.20. The SMILES string of the molecule is CCc1cc(CNC2CC2)cc(-n2cc(C)cn2)n1. The summed E-state index contributed by atoms with van der Waals surface area (Å²) in [5.41, 5.74) is 3.57. The van der Waals surface area contributed by atoms with Gasteiger partial charge in [0, 0.05) is 24.5 Å². The van der Waals surface area contributed by atoms with Crippen LogP contribution in [-0.4, -0.2) is 20.8 Å². The van der Waals surface area contributed by atoms with Crippen LogP contribution in [0.25, 0.3) is 5.82 Å². The van der Waals surface area contributed by atoms with Gasteiger partial charge in [-0.15, -0.1) is 0 Å². The Kier molecular flexibility index (Phi) is 3.34. The van der Waals surface area contributed by atoms with Crippen LogP contribution in [0.4, 0.5) is 0 Å². The van der Waals surface area contributed by atoms with E-state index >= 15 is 0 Å². The van der Waals surface area contributed by atoms with Crippen LogP contribution in [0, 0.1) is 6.92 Å². The number of hydrogen-bond donors (Lipinski definition) is 1. The molecule has 0 saturated heterocycles. The monoisotopic (exact) mass is 256 g/mol. The summed E-state index contributed by atoms with van der Waals surface area (Å²) >= 11 is 0. The van der Waals surface area contributed by atoms with Gasteiger partial charge in [0.15, 0.2) is 5.82 Å². The maximum atomic E-state index is 4.65. The highest BCUT2D eigenvalue weighted by Gasteiger charge is 2.20. The van der Waals surface area contributed by atoms with E-state index in [9.17, 15) is 0 Å². The first-order chi connectivity index (χ1) is 9.24. The summed E-state index contributed by atoms with van der Waals surface area (Å²) in [6.07, 6.45) is 7.46. The maximum Gasteiger partial charge on any atom is 0.153 e. The van der Waals surface area contributed by atoms with Gasteiger partial charge < -0.3 is 5.32 Å². The van der Waals surface area contributed by atoms with Gasteiger partial charge in [-0.3, -0.25) is 0 Å². The van der Waals surface area contributed by atoms with E-state index in [1.165, 1.54) is 18.4 Å². The van der Waals surface area contributed by atoms with Crippen LogP contribution in [0.15, 0.2) is 24.5 Å². The summed E-state index contributed by atoms with van der Waals surface area (Å²) in [5.74, 6) is 0.917. The summed E-state index contributed by atoms with van der Waals surface area (Å²) in [4.78, 5) is 4.65. The molecule has 2 heterocycles. The Hall–Kier alpha value is -1.68. The Balaban J connectivity index is 1.87. The van der Waals surface area contributed by atoms with Crippen LogP contribution in [0.3, 0.4) is 0 Å². The largest absolute Gasteiger partial charge is 0.310 e. The fourth-order valence-corrected chi connectivity index (χ4v) is 2.12. The highest BCUT2D eigenvalue weighted by atomic mass is 15.3. The molecule has 1 N–H and O–H groups in total. The molecule has 1 fully saturated rings. The second-order valence-corrected chi connectivity index (χ2v) is 5.30. The van der Waals surface area contributed by atoms with Gasteiger partial charge in [0.05, 0.1) is 6.20 Å². The summed E-state index contributed by atoms with van der Waals surface area (Å²) in [6, 6.07) is 5.05. The quantitative estimate of drug-likeness (QED) is 0.893. The van der Waals surface area contributed by atoms with Crippen LogP contribution in [-0.2, 0) is 13.0 Å². The average Bonchev–Trinajstić information content (AvgIpc) is 3.16. The number of aromatic nitrogens is 3. The second-order valence-electron chi connectivity index (χ2n) is 5.30. The smallest absolute Gasteiger partial charge is 0.153 e. The van der Waals surface area contributed by atoms with Gasteiger partial charge in [-0.05, 0) is 49.4 Å². The lowest BCUT2D eigenvalue weighted by Gasteiger charge is -2.09. The molecule has 0 bridgehead atoms. The van der Waals surface area contributed by atoms with Crippen LogP contribution in [0.1, 0.15) is 36.6 Å². The zero-order valence-electron chi connectivity index (χ0n) is 11.6. The molecule has 0 aromatic carbocycles. The Morgan fingerprint density at radius 1 is 1.37 bits per heavy atom. The Bertz CT molecular complexity index is 569. The summed E-state index contributed by atoms with van der Waals surface area (Å²) < 4.78 is 1.86. The topological polar surface area (TPSA) is 42.7 Å². The molecular weight excluding hydrogens is 236 g/mol. The predicted octanol–water partition coefficient (Wildman–Crippen LogP) is 2.39. The molecule has 1 saturated carbocycles. The lowest BCUT2D eigenvalue weighted by Crippen LogP contribution is -2.16. The minimum absolute atomic E-state index is 0.730. The van der Waals surface area contributed by atoms with Crippen molar-refractivity contribution in [3.8, 4) is 5.82 Å². The standard InChI is InChI=1S/C15H20N4/c1-3-13-6-12(9-16-14-4-5-14)7-15(18-13)19-10-11(2)8-17-19/h6-8,10,14,16H,3-5,9H2,1-2H3. The van der Waals surface area contributed by atoms with Gasteiger partial charge >= 0.3 is 0 Å². The van der Waals surface area contributed by atoms with E-state index in [0.29, 0.717) is 0 Å². The third-order valence-electron chi connectivity index (χ3n) is 3.41. The first-order valence-corrected chi connectivity index (χ1v) is 6.99. The molecule has 0 spiro atoms. The Morgan fingerprint density at radius 3 is 2.84 bits per heavy atom. The van der Waals surface area contributed by atoms with E-state index < -0.39 is 0 Å². The van der Waals surface area contributed by atoms with Gasteiger partial charge in [0.1, 0.15) is 0 Å². The molecule has 1 aliphatic carbocycles. The number of pyridine rings is 1. The summed E-state index contributed by atoms with van der Waals surface area (Å²) in [7, 11) is 0. The van der Waals surface area contributed by atoms with E-state index in [1.807, 2.05) is 24.0 Å². The Morgan fingerprint density at radius 2 is 2.21 bits per heavy atom. The summed E-state index contributed by atoms with van der Waals surface area (Å²) in [5, 5.41) is 7.89. The molecule has 0 radical (unpaired) electrons. The minimum atomic E-state index is 0.730. The van der Waals surface area contributed by atoms with Crippen LogP contribution < -0.4 is 5.32 Å². The maximum absolute atomic E-state index is 4.65. The molecule has 1 aliphatic rings. The van der Waals surface area contributed by atoms with Crippen molar-refractivity contribution in [3.63, 3.8) is 0 Å². The Labute approximate surface area is 113 Å². The first-order valence-electron chi connectivity index (χ1n) is 6.99. The van der Waals surface area contributed by atoms with Gasteiger partial charge in [-0.1, -0.05) is 6.92 Å². The molecule has 2 aromatic rings. The molecule has 0 unspecified atom stereocenters. The predicted molar refractivity (Wildman–Crippen MR) is 75.3 cm³/mol. The average molecular weight is 256 g/mol. The van der Waals surface area contributed by atoms with E-state index in [0.717, 1.165) is 36.1 Å². The molecule has 2 aromatic heterocycles. The van der Waals surface area contributed by atoms with Crippen molar-refractivity contribution in [1.29, 1.82) is 0 Å². The van der Waals surface area contributed by atoms with Crippen molar-refractivity contribution in [2.24, 2.45) is 0 Å². The molecule has 0 amide bonds. The summed E-state index contributed by atoms with van der Waals surface area (Å²) in [6.45, 7) is 5.11. The fraction of sp³-hybridized carbons (Fsp3) is 0.467. The number of aryl methyl sites for hydroxylation is 2. The number of nitrogens with zero attached hydrogens (tertiary/aromatic N) is 3. The van der Waals surface area contributed by atoms with Crippen LogP contribution in [0.5, 0.6) is 0 Å². The molecule has 4 nitrogen and oxygen atoms in total. The van der Waals surface area contributed by atoms with Crippen molar-refractivity contribution in [2.45, 2.75) is 45.7 Å². The van der Waals surface area contributed by atoms with Gasteiger partial charge in [0.25, 0.3) is 0 Å². The third-order valence-corrected chi connectivity index (χ3v) is 3.41. The number of nitrogens with one attached hydrogen (secondary N) is 1. The normalized spacial score (nSPS) is 14.8. The first kappa shape index (κ1) is 12.4. The minimum Gasteiger partial charge on any atom is -0.310 e. The lowest BCUT2D eigenvalue weighted by atomic mass is 10.2. The van der Waals surface area contributed by atoms with E-state index in [1.54, 1.807) is 0 Å². The van der Waals surface area contributed by atoms with Crippen molar-refractivity contribution in [1.82, 2.24) is 20.1 Å². The molecule has 0 atom stereocenters.